The molecule has 4 rings (SSSR count). The Morgan fingerprint density at radius 3 is 2.73 bits per heavy atom. The predicted octanol–water partition coefficient (Wildman–Crippen LogP) is 3.81. The summed E-state index contributed by atoms with van der Waals surface area (Å²) in [7, 11) is 1.99. The van der Waals surface area contributed by atoms with Gasteiger partial charge in [-0.2, -0.15) is 13.2 Å². The van der Waals surface area contributed by atoms with Gasteiger partial charge >= 0.3 is 12.2 Å². The number of fused-ring (bicyclic) bond motifs is 1. The number of aromatic nitrogens is 2. The molecule has 1 aliphatic rings. The second-order valence-corrected chi connectivity index (χ2v) is 7.44. The minimum Gasteiger partial charge on any atom is -0.477 e. The highest BCUT2D eigenvalue weighted by atomic mass is 19.4. The largest absolute Gasteiger partial charge is 0.477 e. The number of pyridine rings is 1. The van der Waals surface area contributed by atoms with Gasteiger partial charge in [0, 0.05) is 56.6 Å². The summed E-state index contributed by atoms with van der Waals surface area (Å²) in [4.78, 5) is 17.6. The number of hydrogen-bond acceptors (Lipinski definition) is 3. The summed E-state index contributed by atoms with van der Waals surface area (Å²) >= 11 is 0. The summed E-state index contributed by atoms with van der Waals surface area (Å²) in [6.45, 7) is 1.80. The van der Waals surface area contributed by atoms with Crippen molar-refractivity contribution >= 4 is 16.9 Å². The molecule has 9 heteroatoms. The van der Waals surface area contributed by atoms with Crippen LogP contribution in [0.1, 0.15) is 11.1 Å². The van der Waals surface area contributed by atoms with Crippen molar-refractivity contribution in [3.8, 4) is 5.88 Å². The maximum atomic E-state index is 12.5. The number of benzene rings is 1. The number of likely N-dealkylation sites (tertiary alicyclic amines) is 1. The smallest absolute Gasteiger partial charge is 0.417 e. The van der Waals surface area contributed by atoms with E-state index in [0.717, 1.165) is 28.7 Å². The van der Waals surface area contributed by atoms with Crippen molar-refractivity contribution in [3.05, 3.63) is 59.9 Å². The van der Waals surface area contributed by atoms with Gasteiger partial charge < -0.3 is 19.5 Å². The molecule has 3 heterocycles. The summed E-state index contributed by atoms with van der Waals surface area (Å²) in [5, 5.41) is 4.03. The van der Waals surface area contributed by atoms with Crippen LogP contribution in [0.4, 0.5) is 18.0 Å². The highest BCUT2D eigenvalue weighted by Gasteiger charge is 2.32. The number of ether oxygens (including phenoxy) is 1. The van der Waals surface area contributed by atoms with Gasteiger partial charge in [-0.25, -0.2) is 9.78 Å². The van der Waals surface area contributed by atoms with Crippen LogP contribution in [0.25, 0.3) is 10.9 Å². The predicted molar refractivity (Wildman–Crippen MR) is 105 cm³/mol. The number of urea groups is 1. The summed E-state index contributed by atoms with van der Waals surface area (Å²) in [5.41, 5.74) is 1.35. The van der Waals surface area contributed by atoms with E-state index in [-0.39, 0.29) is 17.8 Å². The van der Waals surface area contributed by atoms with Gasteiger partial charge in [-0.3, -0.25) is 0 Å². The van der Waals surface area contributed by atoms with E-state index in [0.29, 0.717) is 26.2 Å². The second kappa shape index (κ2) is 7.89. The van der Waals surface area contributed by atoms with Crippen LogP contribution in [0, 0.1) is 5.92 Å². The number of carbonyl (C=O) groups is 1. The normalized spacial score (nSPS) is 14.6. The Morgan fingerprint density at radius 1 is 1.23 bits per heavy atom. The van der Waals surface area contributed by atoms with E-state index in [4.69, 9.17) is 4.74 Å². The first kappa shape index (κ1) is 20.1. The van der Waals surface area contributed by atoms with Crippen LogP contribution in [-0.2, 0) is 19.8 Å². The molecule has 3 aromatic rings. The molecule has 30 heavy (non-hydrogen) atoms. The van der Waals surface area contributed by atoms with E-state index in [1.807, 2.05) is 36.0 Å². The highest BCUT2D eigenvalue weighted by molar-refractivity contribution is 5.81. The average molecular weight is 418 g/mol. The molecule has 6 nitrogen and oxygen atoms in total. The van der Waals surface area contributed by atoms with Gasteiger partial charge in [0.2, 0.25) is 5.88 Å². The Hall–Kier alpha value is -3.23. The Kier molecular flexibility index (Phi) is 5.27. The van der Waals surface area contributed by atoms with E-state index < -0.39 is 11.7 Å². The number of nitrogens with zero attached hydrogens (tertiary/aromatic N) is 3. The molecule has 0 bridgehead atoms. The Morgan fingerprint density at radius 2 is 2.03 bits per heavy atom. The number of aryl methyl sites for hydroxylation is 1. The molecule has 2 amide bonds. The van der Waals surface area contributed by atoms with Crippen molar-refractivity contribution in [1.82, 2.24) is 19.8 Å². The zero-order valence-corrected chi connectivity index (χ0v) is 16.3. The number of nitrogens with one attached hydrogen (secondary N) is 1. The molecule has 1 aliphatic heterocycles. The molecule has 1 N–H and O–H groups in total. The summed E-state index contributed by atoms with van der Waals surface area (Å²) in [6.07, 6.45) is -1.67. The minimum atomic E-state index is -4.42. The SMILES string of the molecule is Cn1ccc2cc(CNC(=O)N3CC(COc4ccc(C(F)(F)F)cn4)C3)ccc21. The van der Waals surface area contributed by atoms with Gasteiger partial charge in [0.15, 0.2) is 0 Å². The fourth-order valence-electron chi connectivity index (χ4n) is 3.41. The van der Waals surface area contributed by atoms with Crippen LogP contribution in [0.2, 0.25) is 0 Å². The average Bonchev–Trinajstić information content (AvgIpc) is 3.05. The van der Waals surface area contributed by atoms with Crippen LogP contribution < -0.4 is 10.1 Å². The lowest BCUT2D eigenvalue weighted by molar-refractivity contribution is -0.137. The summed E-state index contributed by atoms with van der Waals surface area (Å²) in [6, 6.07) is 10.1. The molecule has 0 unspecified atom stereocenters. The Labute approximate surface area is 171 Å². The summed E-state index contributed by atoms with van der Waals surface area (Å²) < 4.78 is 45.1. The fourth-order valence-corrected chi connectivity index (χ4v) is 3.41. The standard InChI is InChI=1S/C21H21F3N4O2/c1-27-7-6-16-8-14(2-4-18(16)27)9-26-20(29)28-11-15(12-28)13-30-19-5-3-17(10-25-19)21(22,23)24/h2-8,10,15H,9,11-13H2,1H3,(H,26,29). The molecule has 0 spiro atoms. The van der Waals surface area contributed by atoms with Crippen LogP contribution in [0.15, 0.2) is 48.8 Å². The van der Waals surface area contributed by atoms with Gasteiger partial charge in [-0.15, -0.1) is 0 Å². The molecular formula is C21H21F3N4O2. The first-order chi connectivity index (χ1) is 14.3. The molecule has 158 valence electrons. The van der Waals surface area contributed by atoms with Crippen molar-refractivity contribution in [1.29, 1.82) is 0 Å². The number of alkyl halides is 3. The number of halogens is 3. The maximum Gasteiger partial charge on any atom is 0.417 e. The first-order valence-electron chi connectivity index (χ1n) is 9.52. The van der Waals surface area contributed by atoms with Gasteiger partial charge in [0.05, 0.1) is 12.2 Å². The van der Waals surface area contributed by atoms with Crippen LogP contribution >= 0.6 is 0 Å². The number of rotatable bonds is 5. The zero-order valence-electron chi connectivity index (χ0n) is 16.3. The lowest BCUT2D eigenvalue weighted by Gasteiger charge is -2.38. The van der Waals surface area contributed by atoms with Gasteiger partial charge in [-0.1, -0.05) is 6.07 Å². The third-order valence-corrected chi connectivity index (χ3v) is 5.17. The quantitative estimate of drug-likeness (QED) is 0.686. The Balaban J connectivity index is 1.19. The van der Waals surface area contributed by atoms with Gasteiger partial charge in [-0.05, 0) is 35.2 Å². The van der Waals surface area contributed by atoms with E-state index in [2.05, 4.69) is 16.4 Å². The van der Waals surface area contributed by atoms with Crippen molar-refractivity contribution in [2.75, 3.05) is 19.7 Å². The van der Waals surface area contributed by atoms with Crippen LogP contribution in [-0.4, -0.2) is 40.2 Å². The van der Waals surface area contributed by atoms with E-state index in [1.165, 1.54) is 6.07 Å². The van der Waals surface area contributed by atoms with E-state index >= 15 is 0 Å². The van der Waals surface area contributed by atoms with Crippen LogP contribution in [0.5, 0.6) is 5.88 Å². The number of hydrogen-bond donors (Lipinski definition) is 1. The molecule has 0 saturated carbocycles. The lowest BCUT2D eigenvalue weighted by atomic mass is 10.0. The van der Waals surface area contributed by atoms with Crippen LogP contribution in [0.3, 0.4) is 0 Å². The maximum absolute atomic E-state index is 12.5. The lowest BCUT2D eigenvalue weighted by Crippen LogP contribution is -2.55. The van der Waals surface area contributed by atoms with Gasteiger partial charge in [0.25, 0.3) is 0 Å². The van der Waals surface area contributed by atoms with Crippen molar-refractivity contribution in [2.45, 2.75) is 12.7 Å². The molecule has 1 aromatic carbocycles. The molecule has 0 radical (unpaired) electrons. The monoisotopic (exact) mass is 418 g/mol. The topological polar surface area (TPSA) is 59.4 Å². The van der Waals surface area contributed by atoms with Gasteiger partial charge in [0.1, 0.15) is 0 Å². The zero-order chi connectivity index (χ0) is 21.3. The van der Waals surface area contributed by atoms with E-state index in [1.54, 1.807) is 4.90 Å². The second-order valence-electron chi connectivity index (χ2n) is 7.44. The third kappa shape index (κ3) is 4.34. The molecule has 0 atom stereocenters. The molecule has 1 saturated heterocycles. The fraction of sp³-hybridized carbons (Fsp3) is 0.333. The molecular weight excluding hydrogens is 397 g/mol. The third-order valence-electron chi connectivity index (χ3n) is 5.17. The highest BCUT2D eigenvalue weighted by Crippen LogP contribution is 2.29. The number of amides is 2. The van der Waals surface area contributed by atoms with Crippen molar-refractivity contribution in [3.63, 3.8) is 0 Å². The molecule has 2 aromatic heterocycles. The van der Waals surface area contributed by atoms with Crippen molar-refractivity contribution in [2.24, 2.45) is 13.0 Å². The molecule has 1 fully saturated rings. The minimum absolute atomic E-state index is 0.125. The molecule has 0 aliphatic carbocycles. The number of carbonyl (C=O) groups excluding carboxylic acids is 1. The Bertz CT molecular complexity index is 1040. The summed E-state index contributed by atoms with van der Waals surface area (Å²) in [5.74, 6) is 0.266. The van der Waals surface area contributed by atoms with Crippen molar-refractivity contribution < 1.29 is 22.7 Å². The first-order valence-corrected chi connectivity index (χ1v) is 9.52. The van der Waals surface area contributed by atoms with E-state index in [9.17, 15) is 18.0 Å².